The van der Waals surface area contributed by atoms with Crippen molar-refractivity contribution in [2.45, 2.75) is 6.92 Å². The molecule has 0 saturated carbocycles. The maximum absolute atomic E-state index is 12.3. The van der Waals surface area contributed by atoms with Crippen LogP contribution in [-0.2, 0) is 0 Å². The Labute approximate surface area is 123 Å². The Balaban J connectivity index is 2.31. The zero-order valence-corrected chi connectivity index (χ0v) is 12.3. The molecule has 1 aromatic heterocycles. The number of furan rings is 1. The molecule has 0 bridgehead atoms. The van der Waals surface area contributed by atoms with Crippen molar-refractivity contribution < 1.29 is 9.21 Å². The molecule has 0 aliphatic rings. The first-order valence-electron chi connectivity index (χ1n) is 6.51. The van der Waals surface area contributed by atoms with Crippen molar-refractivity contribution in [1.29, 1.82) is 5.26 Å². The Morgan fingerprint density at radius 1 is 1.24 bits per heavy atom. The molecule has 0 aliphatic carbocycles. The molecule has 2 rings (SSSR count). The molecule has 1 heterocycles. The van der Waals surface area contributed by atoms with Crippen molar-refractivity contribution >= 4 is 17.5 Å². The van der Waals surface area contributed by atoms with Crippen molar-refractivity contribution in [3.05, 3.63) is 59.1 Å². The van der Waals surface area contributed by atoms with Gasteiger partial charge in [-0.2, -0.15) is 5.26 Å². The van der Waals surface area contributed by atoms with Crippen LogP contribution in [0.5, 0.6) is 0 Å². The molecule has 0 atom stereocenters. The monoisotopic (exact) mass is 280 g/mol. The Morgan fingerprint density at radius 2 is 1.90 bits per heavy atom. The van der Waals surface area contributed by atoms with Crippen LogP contribution in [0.2, 0.25) is 0 Å². The van der Waals surface area contributed by atoms with Gasteiger partial charge in [-0.3, -0.25) is 4.79 Å². The summed E-state index contributed by atoms with van der Waals surface area (Å²) in [6.45, 7) is 1.70. The maximum Gasteiger partial charge on any atom is 0.207 e. The smallest absolute Gasteiger partial charge is 0.207 e. The van der Waals surface area contributed by atoms with Crippen LogP contribution in [0.4, 0.5) is 5.69 Å². The maximum atomic E-state index is 12.3. The molecule has 21 heavy (non-hydrogen) atoms. The highest BCUT2D eigenvalue weighted by Gasteiger charge is 2.16. The number of hydrogen-bond donors (Lipinski definition) is 0. The average Bonchev–Trinajstić information content (AvgIpc) is 2.90. The Hall–Kier alpha value is -2.80. The molecule has 0 fully saturated rings. The minimum absolute atomic E-state index is 0.0945. The summed E-state index contributed by atoms with van der Waals surface area (Å²) in [5.74, 6) is 0.199. The molecular formula is C17H16N2O2. The summed E-state index contributed by atoms with van der Waals surface area (Å²) in [6.07, 6.45) is 3.04. The lowest BCUT2D eigenvalue weighted by Gasteiger charge is -2.11. The summed E-state index contributed by atoms with van der Waals surface area (Å²) in [4.78, 5) is 14.3. The predicted molar refractivity (Wildman–Crippen MR) is 82.1 cm³/mol. The molecule has 0 radical (unpaired) electrons. The molecule has 0 amide bonds. The third kappa shape index (κ3) is 3.21. The van der Waals surface area contributed by atoms with E-state index in [1.807, 2.05) is 49.3 Å². The molecule has 4 heteroatoms. The van der Waals surface area contributed by atoms with Crippen molar-refractivity contribution in [3.63, 3.8) is 0 Å². The zero-order valence-electron chi connectivity index (χ0n) is 12.3. The zero-order chi connectivity index (χ0) is 15.4. The first-order valence-corrected chi connectivity index (χ1v) is 6.51. The molecule has 0 aliphatic heterocycles. The second kappa shape index (κ2) is 6.10. The fourth-order valence-corrected chi connectivity index (χ4v) is 1.95. The highest BCUT2D eigenvalue weighted by atomic mass is 16.3. The summed E-state index contributed by atoms with van der Waals surface area (Å²) in [5.41, 5.74) is 2.39. The number of nitriles is 1. The number of ketones is 1. The number of anilines is 1. The molecule has 0 unspecified atom stereocenters. The normalized spacial score (nSPS) is 11.0. The molecular weight excluding hydrogens is 264 g/mol. The van der Waals surface area contributed by atoms with Crippen LogP contribution in [-0.4, -0.2) is 19.9 Å². The Kier molecular flexibility index (Phi) is 4.24. The van der Waals surface area contributed by atoms with E-state index < -0.39 is 0 Å². The molecule has 0 spiro atoms. The van der Waals surface area contributed by atoms with E-state index in [4.69, 9.17) is 4.42 Å². The quantitative estimate of drug-likeness (QED) is 0.489. The average molecular weight is 280 g/mol. The van der Waals surface area contributed by atoms with Gasteiger partial charge in [0.2, 0.25) is 5.78 Å². The van der Waals surface area contributed by atoms with Gasteiger partial charge in [0.1, 0.15) is 17.4 Å². The minimum Gasteiger partial charge on any atom is -0.469 e. The van der Waals surface area contributed by atoms with Gasteiger partial charge in [-0.05, 0) is 36.8 Å². The van der Waals surface area contributed by atoms with Gasteiger partial charge in [0.05, 0.1) is 11.8 Å². The van der Waals surface area contributed by atoms with E-state index in [0.29, 0.717) is 11.3 Å². The van der Waals surface area contributed by atoms with Gasteiger partial charge in [0.15, 0.2) is 0 Å². The summed E-state index contributed by atoms with van der Waals surface area (Å²) in [5, 5.41) is 9.21. The van der Waals surface area contributed by atoms with Gasteiger partial charge in [-0.15, -0.1) is 0 Å². The van der Waals surface area contributed by atoms with Gasteiger partial charge in [-0.25, -0.2) is 0 Å². The highest BCUT2D eigenvalue weighted by Crippen LogP contribution is 2.18. The number of benzene rings is 1. The number of Topliss-reactive ketones (excluding diaryl/α,β-unsaturated/α-hetero) is 1. The van der Waals surface area contributed by atoms with Crippen molar-refractivity contribution in [2.75, 3.05) is 19.0 Å². The molecule has 0 N–H and O–H groups in total. The molecule has 4 nitrogen and oxygen atoms in total. The van der Waals surface area contributed by atoms with Gasteiger partial charge in [-0.1, -0.05) is 12.1 Å². The Morgan fingerprint density at radius 3 is 2.38 bits per heavy atom. The summed E-state index contributed by atoms with van der Waals surface area (Å²) in [6, 6.07) is 11.2. The Bertz CT molecular complexity index is 716. The number of aryl methyl sites for hydroxylation is 1. The highest BCUT2D eigenvalue weighted by molar-refractivity contribution is 6.14. The minimum atomic E-state index is -0.319. The number of rotatable bonds is 4. The number of carbonyl (C=O) groups excluding carboxylic acids is 1. The predicted octanol–water partition coefficient (Wildman–Crippen LogP) is 3.44. The van der Waals surface area contributed by atoms with E-state index in [-0.39, 0.29) is 11.4 Å². The van der Waals surface area contributed by atoms with Crippen molar-refractivity contribution in [1.82, 2.24) is 0 Å². The van der Waals surface area contributed by atoms with E-state index in [1.54, 1.807) is 19.1 Å². The van der Waals surface area contributed by atoms with Crippen LogP contribution >= 0.6 is 0 Å². The summed E-state index contributed by atoms with van der Waals surface area (Å²) < 4.78 is 5.11. The molecule has 1 aromatic carbocycles. The lowest BCUT2D eigenvalue weighted by Crippen LogP contribution is -2.08. The molecule has 2 aromatic rings. The van der Waals surface area contributed by atoms with Crippen molar-refractivity contribution in [2.24, 2.45) is 0 Å². The van der Waals surface area contributed by atoms with E-state index in [9.17, 15) is 10.1 Å². The second-order valence-corrected chi connectivity index (χ2v) is 4.88. The number of carbonyl (C=O) groups is 1. The molecule has 0 saturated heterocycles. The standard InChI is InChI=1S/C17H16N2O2/c1-12-16(8-9-21-12)17(20)14(11-18)10-13-4-6-15(7-5-13)19(2)3/h4-10H,1-3H3/b14-10+. The van der Waals surface area contributed by atoms with Gasteiger partial charge in [0, 0.05) is 19.8 Å². The first kappa shape index (κ1) is 14.6. The second-order valence-electron chi connectivity index (χ2n) is 4.88. The third-order valence-electron chi connectivity index (χ3n) is 3.19. The van der Waals surface area contributed by atoms with E-state index in [1.165, 1.54) is 6.26 Å². The summed E-state index contributed by atoms with van der Waals surface area (Å²) in [7, 11) is 3.91. The van der Waals surface area contributed by atoms with E-state index in [2.05, 4.69) is 0 Å². The fraction of sp³-hybridized carbons (Fsp3) is 0.176. The lowest BCUT2D eigenvalue weighted by atomic mass is 10.0. The summed E-state index contributed by atoms with van der Waals surface area (Å²) >= 11 is 0. The largest absolute Gasteiger partial charge is 0.469 e. The van der Waals surface area contributed by atoms with Crippen LogP contribution < -0.4 is 4.90 Å². The van der Waals surface area contributed by atoms with E-state index in [0.717, 1.165) is 11.3 Å². The SMILES string of the molecule is Cc1occc1C(=O)/C(C#N)=C/c1ccc(N(C)C)cc1. The topological polar surface area (TPSA) is 57.2 Å². The van der Waals surface area contributed by atoms with Crippen LogP contribution in [0.25, 0.3) is 6.08 Å². The third-order valence-corrected chi connectivity index (χ3v) is 3.19. The van der Waals surface area contributed by atoms with Crippen molar-refractivity contribution in [3.8, 4) is 6.07 Å². The number of allylic oxidation sites excluding steroid dienone is 1. The van der Waals surface area contributed by atoms with Crippen LogP contribution in [0.3, 0.4) is 0 Å². The van der Waals surface area contributed by atoms with Gasteiger partial charge in [0.25, 0.3) is 0 Å². The number of hydrogen-bond acceptors (Lipinski definition) is 4. The van der Waals surface area contributed by atoms with Gasteiger partial charge >= 0.3 is 0 Å². The number of nitrogens with zero attached hydrogens (tertiary/aromatic N) is 2. The fourth-order valence-electron chi connectivity index (χ4n) is 1.95. The molecule has 106 valence electrons. The van der Waals surface area contributed by atoms with Gasteiger partial charge < -0.3 is 9.32 Å². The van der Waals surface area contributed by atoms with E-state index >= 15 is 0 Å². The first-order chi connectivity index (χ1) is 10.0. The lowest BCUT2D eigenvalue weighted by molar-refractivity contribution is 0.103. The van der Waals surface area contributed by atoms with Crippen LogP contribution in [0.15, 0.2) is 46.6 Å². The van der Waals surface area contributed by atoms with Crippen LogP contribution in [0, 0.1) is 18.3 Å². The van der Waals surface area contributed by atoms with Crippen LogP contribution in [0.1, 0.15) is 21.7 Å².